The van der Waals surface area contributed by atoms with Crippen LogP contribution < -0.4 is 0 Å². The summed E-state index contributed by atoms with van der Waals surface area (Å²) in [7, 11) is -16.3. The quantitative estimate of drug-likeness (QED) is 0.0860. The molecular weight excluding hydrogens is 1340 g/mol. The maximum atomic E-state index is 11.9. The minimum absolute atomic E-state index is 0.0306. The zero-order valence-electron chi connectivity index (χ0n) is 53.8. The monoisotopic (exact) mass is 1420 g/mol. The zero-order chi connectivity index (χ0) is 67.6. The molecule has 0 radical (unpaired) electrons. The molecule has 0 atom stereocenters. The number of carbonyl (C=O) groups excluding carboxylic acids is 2. The lowest BCUT2D eigenvalue weighted by Crippen LogP contribution is -2.53. The number of benzene rings is 6. The summed E-state index contributed by atoms with van der Waals surface area (Å²) in [5.41, 5.74) is 9.09. The minimum Gasteiger partial charge on any atom is -0.452 e. The molecule has 0 aromatic heterocycles. The highest BCUT2D eigenvalue weighted by molar-refractivity contribution is 7.49. The highest BCUT2D eigenvalue weighted by Gasteiger charge is 2.56. The molecule has 6 aromatic carbocycles. The van der Waals surface area contributed by atoms with Crippen LogP contribution in [0.2, 0.25) is 0 Å². The van der Waals surface area contributed by atoms with Crippen LogP contribution in [0.5, 0.6) is 0 Å². The van der Waals surface area contributed by atoms with Gasteiger partial charge in [-0.1, -0.05) is 172 Å². The van der Waals surface area contributed by atoms with E-state index >= 15 is 0 Å². The van der Waals surface area contributed by atoms with Crippen molar-refractivity contribution in [3.8, 4) is 22.3 Å². The Morgan fingerprint density at radius 1 is 0.365 bits per heavy atom. The lowest BCUT2D eigenvalue weighted by Gasteiger charge is -2.44. The molecule has 0 saturated carbocycles. The molecule has 15 fully saturated rings. The van der Waals surface area contributed by atoms with Crippen LogP contribution in [0.4, 0.5) is 0 Å². The number of esters is 2. The second-order valence-electron chi connectivity index (χ2n) is 26.7. The van der Waals surface area contributed by atoms with Crippen molar-refractivity contribution in [1.82, 2.24) is 0 Å². The molecule has 15 heterocycles. The average Bonchev–Trinajstić information content (AvgIpc) is 0.797. The highest BCUT2D eigenvalue weighted by Crippen LogP contribution is 2.64. The Kier molecular flexibility index (Phi) is 20.9. The summed E-state index contributed by atoms with van der Waals surface area (Å²) in [6.07, 6.45) is 2.41. The van der Waals surface area contributed by atoms with E-state index in [0.717, 1.165) is 19.3 Å². The van der Waals surface area contributed by atoms with Crippen LogP contribution in [0.15, 0.2) is 158 Å². The van der Waals surface area contributed by atoms with Gasteiger partial charge in [0.1, 0.15) is 39.6 Å². The van der Waals surface area contributed by atoms with Crippen molar-refractivity contribution in [2.24, 2.45) is 16.2 Å². The van der Waals surface area contributed by atoms with Crippen LogP contribution >= 0.6 is 39.1 Å². The lowest BCUT2D eigenvalue weighted by atomic mass is 9.83. The van der Waals surface area contributed by atoms with E-state index in [2.05, 4.69) is 131 Å². The summed E-state index contributed by atoms with van der Waals surface area (Å²) in [6, 6.07) is 53.1. The van der Waals surface area contributed by atoms with E-state index in [1.807, 2.05) is 30.3 Å². The van der Waals surface area contributed by atoms with Gasteiger partial charge >= 0.3 is 51.1 Å². The van der Waals surface area contributed by atoms with Crippen LogP contribution in [0.1, 0.15) is 65.9 Å². The van der Waals surface area contributed by atoms with Gasteiger partial charge in [0.15, 0.2) is 11.2 Å². The number of phosphoric ester groups is 5. The van der Waals surface area contributed by atoms with Crippen molar-refractivity contribution >= 4 is 51.1 Å². The number of hydrogen-bond donors (Lipinski definition) is 0. The average molecular weight is 1420 g/mol. The zero-order valence-corrected chi connectivity index (χ0v) is 58.2. The van der Waals surface area contributed by atoms with Gasteiger partial charge in [-0.15, -0.1) is 0 Å². The fourth-order valence-corrected chi connectivity index (χ4v) is 19.0. The first-order valence-corrected chi connectivity index (χ1v) is 38.5. The van der Waals surface area contributed by atoms with Crippen LogP contribution in [0, 0.1) is 23.2 Å². The van der Waals surface area contributed by atoms with Crippen molar-refractivity contribution in [1.29, 1.82) is 0 Å². The molecule has 15 aliphatic rings. The molecule has 0 N–H and O–H groups in total. The van der Waals surface area contributed by atoms with Gasteiger partial charge in [-0.2, -0.15) is 0 Å². The largest absolute Gasteiger partial charge is 0.475 e. The molecule has 0 aliphatic carbocycles. The smallest absolute Gasteiger partial charge is 0.452 e. The van der Waals surface area contributed by atoms with Gasteiger partial charge in [-0.05, 0) is 88.2 Å². The Bertz CT molecular complexity index is 3840. The van der Waals surface area contributed by atoms with Crippen LogP contribution in [0.3, 0.4) is 0 Å². The Balaban J connectivity index is 0.000000117. The molecule has 6 aromatic rings. The molecule has 0 unspecified atom stereocenters. The normalized spacial score (nSPS) is 33.3. The van der Waals surface area contributed by atoms with Crippen LogP contribution in [0.25, 0.3) is 22.3 Å². The van der Waals surface area contributed by atoms with E-state index in [1.54, 1.807) is 24.3 Å². The van der Waals surface area contributed by atoms with Crippen molar-refractivity contribution in [3.63, 3.8) is 0 Å². The van der Waals surface area contributed by atoms with Crippen LogP contribution in [-0.4, -0.2) is 122 Å². The van der Waals surface area contributed by atoms with E-state index < -0.39 is 62.3 Å². The topological polar surface area (TPSA) is 276 Å². The molecule has 15 aliphatic heterocycles. The Morgan fingerprint density at radius 3 is 1.00 bits per heavy atom. The molecule has 10 bridgehead atoms. The third kappa shape index (κ3) is 17.3. The standard InChI is InChI=1S/C21H25O4P.C17H17O4P.C12H15O4P.C11H11O6P.C6H9O6P/c1-20(2,3)19-10-8-18(9-11-19)17-6-4-16(5-7-17)12-21-13-23-26(22,24-14-21)25-15-21;18-22-19-11-17(12-20-22,13-21-22)10-14-6-8-16(9-7-14)15-4-2-1-3-5-15;1-10-3-2-4-11(5-10)6-12-7-14-17(13,15-8-12)16-9-12;12-10(9-4-2-1-3-5-9)17-11-6-14-18(13,15-7-11)16-8-11;1-5(7)12-6-2-9-13(8,10-3-6)11-4-6/h4-11H,12-15H2,1-3H3;1-9H,10-13H2;2-5H,6-9H2,1H3;1-5H,6-8H2;2-4H2,1H3. The number of phosphoric acid groups is 5. The van der Waals surface area contributed by atoms with Gasteiger partial charge in [0, 0.05) is 23.2 Å². The summed E-state index contributed by atoms with van der Waals surface area (Å²) < 4.78 is 145. The van der Waals surface area contributed by atoms with Crippen molar-refractivity contribution in [3.05, 3.63) is 191 Å². The number of carbonyl (C=O) groups is 2. The molecular formula is C67H77O24P5. The fraction of sp³-hybridized carbons (Fsp3) is 0.433. The summed E-state index contributed by atoms with van der Waals surface area (Å²) in [5, 5.41) is 0. The van der Waals surface area contributed by atoms with E-state index in [-0.39, 0.29) is 61.3 Å². The number of aryl methyl sites for hydroxylation is 1. The Morgan fingerprint density at radius 2 is 0.667 bits per heavy atom. The van der Waals surface area contributed by atoms with E-state index in [9.17, 15) is 32.4 Å². The first-order chi connectivity index (χ1) is 45.7. The minimum atomic E-state index is -3.38. The molecule has 21 rings (SSSR count). The first kappa shape index (κ1) is 70.7. The van der Waals surface area contributed by atoms with Gasteiger partial charge in [0.25, 0.3) is 0 Å². The predicted molar refractivity (Wildman–Crippen MR) is 348 cm³/mol. The molecule has 96 heavy (non-hydrogen) atoms. The predicted octanol–water partition coefficient (Wildman–Crippen LogP) is 14.4. The van der Waals surface area contributed by atoms with Crippen LogP contribution in [-0.2, 0) is 130 Å². The number of hydrogen-bond acceptors (Lipinski definition) is 24. The lowest BCUT2D eigenvalue weighted by molar-refractivity contribution is -0.194. The van der Waals surface area contributed by atoms with E-state index in [4.69, 9.17) is 77.3 Å². The third-order valence-corrected chi connectivity index (χ3v) is 24.0. The number of rotatable bonds is 11. The van der Waals surface area contributed by atoms with Gasteiger partial charge in [0.2, 0.25) is 0 Å². The molecule has 29 heteroatoms. The molecule has 514 valence electrons. The molecule has 0 amide bonds. The number of fused-ring (bicyclic) bond motifs is 15. The Labute approximate surface area is 557 Å². The van der Waals surface area contributed by atoms with Gasteiger partial charge in [0.05, 0.1) is 65.0 Å². The molecule has 15 saturated heterocycles. The van der Waals surface area contributed by atoms with Gasteiger partial charge in [-0.3, -0.25) is 72.7 Å². The summed E-state index contributed by atoms with van der Waals surface area (Å²) in [5.74, 6) is -0.917. The molecule has 0 spiro atoms. The second-order valence-corrected chi connectivity index (χ2v) is 35.0. The van der Waals surface area contributed by atoms with Gasteiger partial charge < -0.3 is 9.47 Å². The summed E-state index contributed by atoms with van der Waals surface area (Å²) in [4.78, 5) is 22.6. The van der Waals surface area contributed by atoms with E-state index in [0.29, 0.717) is 65.0 Å². The maximum absolute atomic E-state index is 11.9. The summed E-state index contributed by atoms with van der Waals surface area (Å²) >= 11 is 0. The highest BCUT2D eigenvalue weighted by atomic mass is 31.2. The summed E-state index contributed by atoms with van der Waals surface area (Å²) in [6.45, 7) is 14.3. The van der Waals surface area contributed by atoms with Gasteiger partial charge in [-0.25, -0.2) is 27.6 Å². The fourth-order valence-electron chi connectivity index (χ4n) is 11.6. The van der Waals surface area contributed by atoms with Crippen molar-refractivity contribution in [2.45, 2.75) is 70.5 Å². The van der Waals surface area contributed by atoms with E-state index in [1.165, 1.54) is 57.0 Å². The second kappa shape index (κ2) is 28.4. The SMILES string of the molecule is CC(=O)OC12COP(=O)(OC1)OC2.CC(C)(C)c1ccc(-c2ccc(CC34COP(=O)(OC3)OC4)cc2)cc1.Cc1cccc(CC23COP(=O)(OC2)OC3)c1.O=C(OC12COP(=O)(OC1)OC2)c1ccccc1.O=P12OCC(Cc3ccc(-c4ccccc4)cc3)(CO1)CO2. The number of ether oxygens (including phenoxy) is 2. The Hall–Kier alpha value is -5.19. The van der Waals surface area contributed by atoms with Crippen molar-refractivity contribution in [2.75, 3.05) is 99.1 Å². The molecule has 24 nitrogen and oxygen atoms in total. The van der Waals surface area contributed by atoms with Crippen molar-refractivity contribution < 1.29 is 110 Å². The first-order valence-electron chi connectivity index (χ1n) is 31.2. The maximum Gasteiger partial charge on any atom is 0.475 e. The third-order valence-electron chi connectivity index (χ3n) is 17.3.